The van der Waals surface area contributed by atoms with Gasteiger partial charge >= 0.3 is 6.36 Å². The molecule has 2 atom stereocenters. The summed E-state index contributed by atoms with van der Waals surface area (Å²) in [5, 5.41) is 13.4. The van der Waals surface area contributed by atoms with Gasteiger partial charge in [-0.2, -0.15) is 0 Å². The number of anilines is 2. The van der Waals surface area contributed by atoms with Crippen molar-refractivity contribution in [3.8, 4) is 5.75 Å². The van der Waals surface area contributed by atoms with Crippen molar-refractivity contribution < 1.29 is 27.4 Å². The summed E-state index contributed by atoms with van der Waals surface area (Å²) < 4.78 is 58.7. The van der Waals surface area contributed by atoms with E-state index in [1.807, 2.05) is 4.57 Å². The Morgan fingerprint density at radius 2 is 1.81 bits per heavy atom. The van der Waals surface area contributed by atoms with Crippen LogP contribution in [0.15, 0.2) is 36.4 Å². The van der Waals surface area contributed by atoms with Crippen molar-refractivity contribution in [3.63, 3.8) is 0 Å². The van der Waals surface area contributed by atoms with Crippen LogP contribution < -0.4 is 10.1 Å². The minimum absolute atomic E-state index is 0.138. The lowest BCUT2D eigenvalue weighted by Crippen LogP contribution is -2.30. The van der Waals surface area contributed by atoms with Gasteiger partial charge in [-0.15, -0.1) is 13.2 Å². The Labute approximate surface area is 214 Å². The maximum atomic E-state index is 15.1. The zero-order valence-electron chi connectivity index (χ0n) is 21.9. The van der Waals surface area contributed by atoms with Gasteiger partial charge in [0.05, 0.1) is 16.6 Å². The molecule has 1 aromatic heterocycles. The quantitative estimate of drug-likeness (QED) is 0.315. The molecule has 202 valence electrons. The molecule has 1 aliphatic rings. The van der Waals surface area contributed by atoms with Gasteiger partial charge in [-0.05, 0) is 86.3 Å². The molecule has 1 fully saturated rings. The van der Waals surface area contributed by atoms with Gasteiger partial charge in [-0.1, -0.05) is 20.8 Å². The fourth-order valence-electron chi connectivity index (χ4n) is 5.88. The van der Waals surface area contributed by atoms with Gasteiger partial charge in [-0.3, -0.25) is 0 Å². The number of benzene rings is 2. The number of hydrogen-bond acceptors (Lipinski definition) is 4. The number of hydrogen-bond donors (Lipinski definition) is 2. The highest BCUT2D eigenvalue weighted by Gasteiger charge is 2.33. The van der Waals surface area contributed by atoms with E-state index < -0.39 is 17.8 Å². The third-order valence-electron chi connectivity index (χ3n) is 6.80. The molecule has 0 aliphatic heterocycles. The lowest BCUT2D eigenvalue weighted by Gasteiger charge is -2.39. The van der Waals surface area contributed by atoms with Gasteiger partial charge in [0, 0.05) is 24.7 Å². The van der Waals surface area contributed by atoms with Gasteiger partial charge in [0.2, 0.25) is 5.95 Å². The van der Waals surface area contributed by atoms with E-state index in [1.54, 1.807) is 19.9 Å². The van der Waals surface area contributed by atoms with Gasteiger partial charge in [-0.25, -0.2) is 9.37 Å². The van der Waals surface area contributed by atoms with Crippen LogP contribution >= 0.6 is 0 Å². The largest absolute Gasteiger partial charge is 0.573 e. The minimum Gasteiger partial charge on any atom is -0.406 e. The van der Waals surface area contributed by atoms with Crippen LogP contribution in [-0.2, 0) is 13.0 Å². The predicted molar refractivity (Wildman–Crippen MR) is 136 cm³/mol. The fourth-order valence-corrected chi connectivity index (χ4v) is 5.88. The number of nitrogens with one attached hydrogen (secondary N) is 1. The van der Waals surface area contributed by atoms with E-state index >= 15 is 4.39 Å². The van der Waals surface area contributed by atoms with Crippen molar-refractivity contribution in [1.82, 2.24) is 9.55 Å². The van der Waals surface area contributed by atoms with E-state index in [9.17, 15) is 18.3 Å². The van der Waals surface area contributed by atoms with Crippen molar-refractivity contribution in [2.24, 2.45) is 17.3 Å². The minimum atomic E-state index is -4.77. The van der Waals surface area contributed by atoms with E-state index in [1.165, 1.54) is 30.3 Å². The second-order valence-electron chi connectivity index (χ2n) is 11.9. The smallest absolute Gasteiger partial charge is 0.406 e. The highest BCUT2D eigenvalue weighted by atomic mass is 19.4. The van der Waals surface area contributed by atoms with Crippen molar-refractivity contribution in [3.05, 3.63) is 47.8 Å². The Bertz CT molecular complexity index is 1240. The molecule has 0 spiro atoms. The van der Waals surface area contributed by atoms with Gasteiger partial charge in [0.25, 0.3) is 0 Å². The van der Waals surface area contributed by atoms with Crippen LogP contribution in [0.1, 0.15) is 59.4 Å². The maximum absolute atomic E-state index is 15.1. The average Bonchev–Trinajstić information content (AvgIpc) is 3.02. The molecule has 37 heavy (non-hydrogen) atoms. The SMILES string of the molecule is C[C@H]1CC(Cn2c(Nc3ccc(OC(F)(F)F)cc3)nc3cc(CC(C)(C)O)c(F)cc32)CC(C)(C)C1. The van der Waals surface area contributed by atoms with Crippen molar-refractivity contribution in [2.75, 3.05) is 5.32 Å². The molecule has 2 aromatic carbocycles. The molecular weight excluding hydrogens is 486 g/mol. The summed E-state index contributed by atoms with van der Waals surface area (Å²) in [5.41, 5.74) is 1.24. The summed E-state index contributed by atoms with van der Waals surface area (Å²) in [6, 6.07) is 8.56. The number of alkyl halides is 3. The predicted octanol–water partition coefficient (Wildman–Crippen LogP) is 7.59. The number of fused-ring (bicyclic) bond motifs is 1. The summed E-state index contributed by atoms with van der Waals surface area (Å²) in [6.07, 6.45) is -1.40. The summed E-state index contributed by atoms with van der Waals surface area (Å²) in [4.78, 5) is 4.73. The first-order valence-electron chi connectivity index (χ1n) is 12.6. The molecule has 0 amide bonds. The van der Waals surface area contributed by atoms with Crippen LogP contribution in [0.2, 0.25) is 0 Å². The number of ether oxygens (including phenoxy) is 1. The van der Waals surface area contributed by atoms with Crippen molar-refractivity contribution >= 4 is 22.7 Å². The summed E-state index contributed by atoms with van der Waals surface area (Å²) >= 11 is 0. The molecule has 0 bridgehead atoms. The number of aromatic nitrogens is 2. The third-order valence-corrected chi connectivity index (χ3v) is 6.80. The molecule has 1 aliphatic carbocycles. The Balaban J connectivity index is 1.70. The van der Waals surface area contributed by atoms with E-state index in [-0.39, 0.29) is 17.6 Å². The number of aliphatic hydroxyl groups is 1. The first-order chi connectivity index (χ1) is 17.1. The topological polar surface area (TPSA) is 59.3 Å². The normalized spacial score (nSPS) is 20.3. The van der Waals surface area contributed by atoms with Crippen molar-refractivity contribution in [2.45, 2.75) is 78.8 Å². The molecule has 3 aromatic rings. The van der Waals surface area contributed by atoms with Crippen molar-refractivity contribution in [1.29, 1.82) is 0 Å². The molecule has 5 nitrogen and oxygen atoms in total. The molecular formula is C28H35F4N3O2. The Kier molecular flexibility index (Phi) is 7.22. The lowest BCUT2D eigenvalue weighted by molar-refractivity contribution is -0.274. The Morgan fingerprint density at radius 3 is 2.41 bits per heavy atom. The van der Waals surface area contributed by atoms with Gasteiger partial charge in [0.15, 0.2) is 0 Å². The molecule has 0 radical (unpaired) electrons. The first kappa shape index (κ1) is 27.2. The summed E-state index contributed by atoms with van der Waals surface area (Å²) in [7, 11) is 0. The fraction of sp³-hybridized carbons (Fsp3) is 0.536. The van der Waals surface area contributed by atoms with Crippen LogP contribution in [0, 0.1) is 23.1 Å². The van der Waals surface area contributed by atoms with Gasteiger partial charge in [0.1, 0.15) is 11.6 Å². The summed E-state index contributed by atoms with van der Waals surface area (Å²) in [5.74, 6) is 0.682. The maximum Gasteiger partial charge on any atom is 0.573 e. The van der Waals surface area contributed by atoms with E-state index in [0.29, 0.717) is 46.6 Å². The number of nitrogens with zero attached hydrogens (tertiary/aromatic N) is 2. The number of imidazole rings is 1. The van der Waals surface area contributed by atoms with Crippen LogP contribution in [0.4, 0.5) is 29.2 Å². The second-order valence-corrected chi connectivity index (χ2v) is 11.9. The molecule has 1 heterocycles. The van der Waals surface area contributed by atoms with E-state index in [2.05, 4.69) is 30.8 Å². The van der Waals surface area contributed by atoms with E-state index in [4.69, 9.17) is 4.98 Å². The monoisotopic (exact) mass is 521 g/mol. The van der Waals surface area contributed by atoms with Crippen LogP contribution in [0.3, 0.4) is 0 Å². The number of halogens is 4. The first-order valence-corrected chi connectivity index (χ1v) is 12.6. The lowest BCUT2D eigenvalue weighted by atomic mass is 9.68. The van der Waals surface area contributed by atoms with Gasteiger partial charge < -0.3 is 19.7 Å². The van der Waals surface area contributed by atoms with Crippen LogP contribution in [-0.4, -0.2) is 26.6 Å². The molecule has 9 heteroatoms. The highest BCUT2D eigenvalue weighted by Crippen LogP contribution is 2.43. The molecule has 1 unspecified atom stereocenters. The average molecular weight is 522 g/mol. The molecule has 4 rings (SSSR count). The Hall–Kier alpha value is -2.81. The highest BCUT2D eigenvalue weighted by molar-refractivity contribution is 5.80. The molecule has 0 saturated heterocycles. The standard InChI is InChI=1S/C28H35F4N3O2/c1-17-10-18(14-26(2,3)13-17)16-35-24-12-22(29)19(15-27(4,5)36)11-23(24)34-25(35)33-20-6-8-21(9-7-20)37-28(30,31)32/h6-9,11-12,17-18,36H,10,13-16H2,1-5H3,(H,33,34)/t17-,18?/m0/s1. The molecule has 2 N–H and O–H groups in total. The molecule has 1 saturated carbocycles. The summed E-state index contributed by atoms with van der Waals surface area (Å²) in [6.45, 7) is 10.7. The zero-order chi connectivity index (χ0) is 27.2. The number of rotatable bonds is 7. The second kappa shape index (κ2) is 9.82. The van der Waals surface area contributed by atoms with Crippen LogP contribution in [0.5, 0.6) is 5.75 Å². The van der Waals surface area contributed by atoms with E-state index in [0.717, 1.165) is 19.3 Å². The van der Waals surface area contributed by atoms with Crippen LogP contribution in [0.25, 0.3) is 11.0 Å². The Morgan fingerprint density at radius 1 is 1.14 bits per heavy atom. The third kappa shape index (κ3) is 7.15. The zero-order valence-corrected chi connectivity index (χ0v) is 21.9.